The summed E-state index contributed by atoms with van der Waals surface area (Å²) in [6.07, 6.45) is 1.78. The summed E-state index contributed by atoms with van der Waals surface area (Å²) in [6.45, 7) is 2.19. The van der Waals surface area contributed by atoms with Crippen LogP contribution in [0, 0.1) is 6.92 Å². The lowest BCUT2D eigenvalue weighted by atomic mass is 10.6. The molecule has 5 heteroatoms. The van der Waals surface area contributed by atoms with Gasteiger partial charge in [0.05, 0.1) is 6.54 Å². The molecule has 1 heterocycles. The van der Waals surface area contributed by atoms with E-state index in [0.29, 0.717) is 0 Å². The van der Waals surface area contributed by atoms with Gasteiger partial charge in [0.2, 0.25) is 5.91 Å². The maximum absolute atomic E-state index is 10.5. The zero-order valence-corrected chi connectivity index (χ0v) is 7.89. The van der Waals surface area contributed by atoms with E-state index in [0.717, 1.165) is 10.0 Å². The molecular formula is C7H11N3OS. The Morgan fingerprint density at radius 1 is 1.83 bits per heavy atom. The third kappa shape index (κ3) is 2.20. The highest BCUT2D eigenvalue weighted by Gasteiger charge is 2.06. The molecule has 0 atom stereocenters. The minimum atomic E-state index is -0.342. The van der Waals surface area contributed by atoms with Gasteiger partial charge in [-0.2, -0.15) is 0 Å². The van der Waals surface area contributed by atoms with E-state index in [-0.39, 0.29) is 12.5 Å². The quantitative estimate of drug-likeness (QED) is 0.740. The first-order valence-electron chi connectivity index (χ1n) is 3.51. The molecule has 2 N–H and O–H groups in total. The first kappa shape index (κ1) is 8.99. The van der Waals surface area contributed by atoms with Crippen LogP contribution in [-0.4, -0.2) is 24.5 Å². The van der Waals surface area contributed by atoms with Crippen molar-refractivity contribution in [3.8, 4) is 0 Å². The normalized spacial score (nSPS) is 9.83. The summed E-state index contributed by atoms with van der Waals surface area (Å²) in [5.74, 6) is -0.342. The van der Waals surface area contributed by atoms with Gasteiger partial charge in [-0.25, -0.2) is 4.98 Å². The van der Waals surface area contributed by atoms with E-state index in [4.69, 9.17) is 5.73 Å². The Hall–Kier alpha value is -1.10. The van der Waals surface area contributed by atoms with Crippen LogP contribution in [0.4, 0.5) is 5.13 Å². The van der Waals surface area contributed by atoms with E-state index >= 15 is 0 Å². The number of amides is 1. The van der Waals surface area contributed by atoms with Crippen molar-refractivity contribution in [2.75, 3.05) is 18.5 Å². The fraction of sp³-hybridized carbons (Fsp3) is 0.429. The van der Waals surface area contributed by atoms with Crippen LogP contribution in [0.3, 0.4) is 0 Å². The standard InChI is InChI=1S/C7H11N3OS/c1-5-3-9-7(12-5)10(2)4-6(8)11/h3H,4H2,1-2H3,(H2,8,11). The highest BCUT2D eigenvalue weighted by molar-refractivity contribution is 7.15. The van der Waals surface area contributed by atoms with Gasteiger partial charge in [0.1, 0.15) is 0 Å². The largest absolute Gasteiger partial charge is 0.368 e. The first-order valence-corrected chi connectivity index (χ1v) is 4.33. The van der Waals surface area contributed by atoms with Crippen LogP contribution >= 0.6 is 11.3 Å². The van der Waals surface area contributed by atoms with Crippen LogP contribution in [0.5, 0.6) is 0 Å². The monoisotopic (exact) mass is 185 g/mol. The number of hydrogen-bond donors (Lipinski definition) is 1. The molecule has 0 bridgehead atoms. The van der Waals surface area contributed by atoms with Gasteiger partial charge in [-0.3, -0.25) is 4.79 Å². The van der Waals surface area contributed by atoms with Crippen molar-refractivity contribution in [2.45, 2.75) is 6.92 Å². The molecule has 66 valence electrons. The zero-order valence-electron chi connectivity index (χ0n) is 7.07. The number of thiazole rings is 1. The molecule has 0 unspecified atom stereocenters. The number of nitrogens with two attached hydrogens (primary N) is 1. The Morgan fingerprint density at radius 3 is 2.92 bits per heavy atom. The number of carbonyl (C=O) groups excluding carboxylic acids is 1. The summed E-state index contributed by atoms with van der Waals surface area (Å²) >= 11 is 1.54. The minimum Gasteiger partial charge on any atom is -0.368 e. The SMILES string of the molecule is Cc1cnc(N(C)CC(N)=O)s1. The molecule has 4 nitrogen and oxygen atoms in total. The molecular weight excluding hydrogens is 174 g/mol. The van der Waals surface area contributed by atoms with Crippen LogP contribution in [-0.2, 0) is 4.79 Å². The van der Waals surface area contributed by atoms with Crippen molar-refractivity contribution >= 4 is 22.4 Å². The van der Waals surface area contributed by atoms with Gasteiger partial charge in [0, 0.05) is 18.1 Å². The molecule has 1 amide bonds. The number of hydrogen-bond acceptors (Lipinski definition) is 4. The first-order chi connectivity index (χ1) is 5.59. The second-order valence-corrected chi connectivity index (χ2v) is 3.79. The lowest BCUT2D eigenvalue weighted by Gasteiger charge is -2.11. The molecule has 0 saturated heterocycles. The maximum Gasteiger partial charge on any atom is 0.237 e. The van der Waals surface area contributed by atoms with Crippen LogP contribution in [0.1, 0.15) is 4.88 Å². The van der Waals surface area contributed by atoms with Crippen molar-refractivity contribution in [3.63, 3.8) is 0 Å². The molecule has 12 heavy (non-hydrogen) atoms. The Morgan fingerprint density at radius 2 is 2.50 bits per heavy atom. The summed E-state index contributed by atoms with van der Waals surface area (Å²) in [6, 6.07) is 0. The Balaban J connectivity index is 2.64. The number of aromatic nitrogens is 1. The highest BCUT2D eigenvalue weighted by atomic mass is 32.1. The van der Waals surface area contributed by atoms with E-state index in [1.165, 1.54) is 0 Å². The van der Waals surface area contributed by atoms with Crippen LogP contribution in [0.15, 0.2) is 6.20 Å². The van der Waals surface area contributed by atoms with Gasteiger partial charge < -0.3 is 10.6 Å². The third-order valence-corrected chi connectivity index (χ3v) is 2.36. The second-order valence-electron chi connectivity index (χ2n) is 2.58. The molecule has 0 fully saturated rings. The molecule has 0 radical (unpaired) electrons. The molecule has 1 aromatic heterocycles. The fourth-order valence-corrected chi connectivity index (χ4v) is 1.54. The van der Waals surface area contributed by atoms with E-state index in [9.17, 15) is 4.79 Å². The second kappa shape index (κ2) is 3.53. The summed E-state index contributed by atoms with van der Waals surface area (Å²) in [4.78, 5) is 17.5. The van der Waals surface area contributed by atoms with Crippen molar-refractivity contribution in [2.24, 2.45) is 5.73 Å². The maximum atomic E-state index is 10.5. The molecule has 0 aliphatic carbocycles. The average Bonchev–Trinajstić information content (AvgIpc) is 2.34. The van der Waals surface area contributed by atoms with Crippen LogP contribution in [0.2, 0.25) is 0 Å². The smallest absolute Gasteiger partial charge is 0.237 e. The fourth-order valence-electron chi connectivity index (χ4n) is 0.821. The molecule has 1 aromatic rings. The van der Waals surface area contributed by atoms with Gasteiger partial charge in [0.15, 0.2) is 5.13 Å². The Bertz CT molecular complexity index is 284. The number of likely N-dealkylation sites (N-methyl/N-ethyl adjacent to an activating group) is 1. The minimum absolute atomic E-state index is 0.215. The van der Waals surface area contributed by atoms with Gasteiger partial charge in [-0.1, -0.05) is 0 Å². The number of anilines is 1. The Labute approximate surface area is 75.0 Å². The van der Waals surface area contributed by atoms with Crippen LogP contribution in [0.25, 0.3) is 0 Å². The van der Waals surface area contributed by atoms with Gasteiger partial charge in [-0.15, -0.1) is 11.3 Å². The summed E-state index contributed by atoms with van der Waals surface area (Å²) in [5, 5.41) is 0.825. The topological polar surface area (TPSA) is 59.2 Å². The van der Waals surface area contributed by atoms with Crippen molar-refractivity contribution in [3.05, 3.63) is 11.1 Å². The molecule has 0 saturated carbocycles. The molecule has 0 aliphatic rings. The number of primary amides is 1. The predicted octanol–water partition coefficient (Wildman–Crippen LogP) is 0.373. The summed E-state index contributed by atoms with van der Waals surface area (Å²) < 4.78 is 0. The van der Waals surface area contributed by atoms with E-state index in [1.54, 1.807) is 29.5 Å². The summed E-state index contributed by atoms with van der Waals surface area (Å²) in [5.41, 5.74) is 5.03. The lowest BCUT2D eigenvalue weighted by molar-refractivity contribution is -0.116. The van der Waals surface area contributed by atoms with Crippen molar-refractivity contribution in [1.29, 1.82) is 0 Å². The van der Waals surface area contributed by atoms with Crippen LogP contribution < -0.4 is 10.6 Å². The summed E-state index contributed by atoms with van der Waals surface area (Å²) in [7, 11) is 1.79. The van der Waals surface area contributed by atoms with E-state index < -0.39 is 0 Å². The number of aryl methyl sites for hydroxylation is 1. The number of nitrogens with zero attached hydrogens (tertiary/aromatic N) is 2. The molecule has 0 aliphatic heterocycles. The van der Waals surface area contributed by atoms with E-state index in [2.05, 4.69) is 4.98 Å². The van der Waals surface area contributed by atoms with E-state index in [1.807, 2.05) is 6.92 Å². The van der Waals surface area contributed by atoms with Crippen molar-refractivity contribution < 1.29 is 4.79 Å². The van der Waals surface area contributed by atoms with Gasteiger partial charge in [-0.05, 0) is 6.92 Å². The lowest BCUT2D eigenvalue weighted by Crippen LogP contribution is -2.30. The molecule has 0 spiro atoms. The number of carbonyl (C=O) groups is 1. The van der Waals surface area contributed by atoms with Gasteiger partial charge >= 0.3 is 0 Å². The highest BCUT2D eigenvalue weighted by Crippen LogP contribution is 2.19. The Kier molecular flexibility index (Phi) is 2.65. The third-order valence-electron chi connectivity index (χ3n) is 1.33. The predicted molar refractivity (Wildman–Crippen MR) is 49.3 cm³/mol. The van der Waals surface area contributed by atoms with Crippen molar-refractivity contribution in [1.82, 2.24) is 4.98 Å². The zero-order chi connectivity index (χ0) is 9.14. The average molecular weight is 185 g/mol. The van der Waals surface area contributed by atoms with Gasteiger partial charge in [0.25, 0.3) is 0 Å². The number of rotatable bonds is 3. The molecule has 1 rings (SSSR count). The molecule has 0 aromatic carbocycles.